The smallest absolute Gasteiger partial charge is 0.256 e. The van der Waals surface area contributed by atoms with Gasteiger partial charge in [0.15, 0.2) is 0 Å². The van der Waals surface area contributed by atoms with E-state index < -0.39 is 0 Å². The third-order valence-corrected chi connectivity index (χ3v) is 7.55. The molecule has 2 aliphatic rings. The van der Waals surface area contributed by atoms with Gasteiger partial charge in [-0.15, -0.1) is 22.7 Å². The number of nitrogens with zero attached hydrogens (tertiary/aromatic N) is 2. The maximum Gasteiger partial charge on any atom is 0.256 e. The van der Waals surface area contributed by atoms with Gasteiger partial charge in [0.1, 0.15) is 10.0 Å². The van der Waals surface area contributed by atoms with E-state index in [1.165, 1.54) is 15.3 Å². The number of amides is 1. The first-order valence-electron chi connectivity index (χ1n) is 9.55. The second-order valence-corrected chi connectivity index (χ2v) is 9.47. The number of thiophene rings is 1. The Morgan fingerprint density at radius 2 is 2.00 bits per heavy atom. The SMILES string of the molecule is CN1CCc2c(sc(NC(=O)c3ccccc3)c2-c2nc3c(s2)CCC=C3)C1. The molecule has 1 aromatic carbocycles. The molecular weight excluding hydrogens is 386 g/mol. The molecule has 0 saturated heterocycles. The monoisotopic (exact) mass is 407 g/mol. The Kier molecular flexibility index (Phi) is 4.62. The number of likely N-dealkylation sites (N-methyl/N-ethyl adjacent to an activating group) is 1. The summed E-state index contributed by atoms with van der Waals surface area (Å²) in [7, 11) is 2.15. The Hall–Kier alpha value is -2.28. The molecule has 1 N–H and O–H groups in total. The number of hydrogen-bond donors (Lipinski definition) is 1. The van der Waals surface area contributed by atoms with Crippen molar-refractivity contribution in [1.82, 2.24) is 9.88 Å². The third-order valence-electron chi connectivity index (χ3n) is 5.27. The first-order valence-corrected chi connectivity index (χ1v) is 11.2. The molecule has 1 aliphatic carbocycles. The number of rotatable bonds is 3. The van der Waals surface area contributed by atoms with Crippen LogP contribution in [0.2, 0.25) is 0 Å². The Labute approximate surface area is 172 Å². The van der Waals surface area contributed by atoms with Gasteiger partial charge in [0.05, 0.1) is 5.69 Å². The lowest BCUT2D eigenvalue weighted by atomic mass is 10.0. The average Bonchev–Trinajstić information content (AvgIpc) is 3.28. The molecule has 1 aliphatic heterocycles. The molecule has 6 heteroatoms. The van der Waals surface area contributed by atoms with E-state index in [-0.39, 0.29) is 5.91 Å². The van der Waals surface area contributed by atoms with E-state index in [0.29, 0.717) is 5.56 Å². The highest BCUT2D eigenvalue weighted by atomic mass is 32.1. The van der Waals surface area contributed by atoms with Gasteiger partial charge in [-0.3, -0.25) is 4.79 Å². The number of carbonyl (C=O) groups is 1. The zero-order valence-corrected chi connectivity index (χ0v) is 17.3. The van der Waals surface area contributed by atoms with Gasteiger partial charge < -0.3 is 10.2 Å². The fourth-order valence-corrected chi connectivity index (χ4v) is 6.33. The predicted octanol–water partition coefficient (Wildman–Crippen LogP) is 5.07. The molecule has 142 valence electrons. The summed E-state index contributed by atoms with van der Waals surface area (Å²) in [5.74, 6) is -0.0602. The molecule has 28 heavy (non-hydrogen) atoms. The molecule has 0 bridgehead atoms. The van der Waals surface area contributed by atoms with Crippen molar-refractivity contribution >= 4 is 39.7 Å². The van der Waals surface area contributed by atoms with E-state index in [4.69, 9.17) is 4.98 Å². The van der Waals surface area contributed by atoms with E-state index in [2.05, 4.69) is 29.4 Å². The van der Waals surface area contributed by atoms with Crippen LogP contribution in [0.3, 0.4) is 0 Å². The highest BCUT2D eigenvalue weighted by molar-refractivity contribution is 7.19. The number of fused-ring (bicyclic) bond motifs is 2. The topological polar surface area (TPSA) is 45.2 Å². The summed E-state index contributed by atoms with van der Waals surface area (Å²) in [6, 6.07) is 9.42. The van der Waals surface area contributed by atoms with Gasteiger partial charge in [-0.25, -0.2) is 4.98 Å². The number of aromatic nitrogens is 1. The number of aryl methyl sites for hydroxylation is 1. The van der Waals surface area contributed by atoms with Crippen molar-refractivity contribution in [1.29, 1.82) is 0 Å². The Morgan fingerprint density at radius 3 is 2.82 bits per heavy atom. The molecule has 3 aromatic rings. The van der Waals surface area contributed by atoms with Crippen LogP contribution in [0.25, 0.3) is 16.6 Å². The van der Waals surface area contributed by atoms with Crippen LogP contribution in [0.5, 0.6) is 0 Å². The summed E-state index contributed by atoms with van der Waals surface area (Å²) >= 11 is 3.49. The van der Waals surface area contributed by atoms with Gasteiger partial charge in [-0.2, -0.15) is 0 Å². The minimum atomic E-state index is -0.0602. The quantitative estimate of drug-likeness (QED) is 0.659. The van der Waals surface area contributed by atoms with Crippen LogP contribution in [-0.4, -0.2) is 29.4 Å². The first kappa shape index (κ1) is 17.8. The van der Waals surface area contributed by atoms with Crippen molar-refractivity contribution < 1.29 is 4.79 Å². The van der Waals surface area contributed by atoms with Crippen molar-refractivity contribution in [3.05, 3.63) is 63.0 Å². The summed E-state index contributed by atoms with van der Waals surface area (Å²) in [5.41, 5.74) is 4.28. The fourth-order valence-electron chi connectivity index (χ4n) is 3.80. The van der Waals surface area contributed by atoms with E-state index in [9.17, 15) is 4.79 Å². The molecule has 0 radical (unpaired) electrons. The van der Waals surface area contributed by atoms with Crippen LogP contribution < -0.4 is 5.32 Å². The van der Waals surface area contributed by atoms with E-state index >= 15 is 0 Å². The Balaban J connectivity index is 1.58. The van der Waals surface area contributed by atoms with Crippen LogP contribution in [0.1, 0.15) is 37.8 Å². The highest BCUT2D eigenvalue weighted by Crippen LogP contribution is 2.45. The number of allylic oxidation sites excluding steroid dienone is 1. The molecule has 1 amide bonds. The van der Waals surface area contributed by atoms with Gasteiger partial charge in [0.2, 0.25) is 0 Å². The minimum Gasteiger partial charge on any atom is -0.313 e. The zero-order chi connectivity index (χ0) is 19.1. The molecular formula is C22H21N3OS2. The number of nitrogens with one attached hydrogen (secondary N) is 1. The van der Waals surface area contributed by atoms with Crippen molar-refractivity contribution in [2.45, 2.75) is 25.8 Å². The van der Waals surface area contributed by atoms with E-state index in [0.717, 1.165) is 53.6 Å². The van der Waals surface area contributed by atoms with Crippen molar-refractivity contribution in [2.75, 3.05) is 18.9 Å². The lowest BCUT2D eigenvalue weighted by Crippen LogP contribution is -2.25. The summed E-state index contributed by atoms with van der Waals surface area (Å²) < 4.78 is 0. The Morgan fingerprint density at radius 1 is 1.14 bits per heavy atom. The molecule has 5 rings (SSSR count). The van der Waals surface area contributed by atoms with Crippen molar-refractivity contribution in [3.8, 4) is 10.6 Å². The lowest BCUT2D eigenvalue weighted by molar-refractivity contribution is 0.102. The number of carbonyl (C=O) groups excluding carboxylic acids is 1. The van der Waals surface area contributed by atoms with Crippen LogP contribution in [0.4, 0.5) is 5.00 Å². The second kappa shape index (κ2) is 7.28. The van der Waals surface area contributed by atoms with Gasteiger partial charge >= 0.3 is 0 Å². The highest BCUT2D eigenvalue weighted by Gasteiger charge is 2.27. The summed E-state index contributed by atoms with van der Waals surface area (Å²) in [5, 5.41) is 5.17. The van der Waals surface area contributed by atoms with Gasteiger partial charge in [0, 0.05) is 34.0 Å². The number of benzene rings is 1. The second-order valence-electron chi connectivity index (χ2n) is 7.28. The standard InChI is InChI=1S/C22H21N3OS2/c1-25-12-11-15-18(13-25)28-22(24-20(26)14-7-3-2-4-8-14)19(15)21-23-16-9-5-6-10-17(16)27-21/h2-5,7-9H,6,10-13H2,1H3,(H,24,26). The van der Waals surface area contributed by atoms with Crippen LogP contribution in [0.15, 0.2) is 36.4 Å². The van der Waals surface area contributed by atoms with E-state index in [1.807, 2.05) is 30.3 Å². The maximum absolute atomic E-state index is 12.8. The maximum atomic E-state index is 12.8. The largest absolute Gasteiger partial charge is 0.313 e. The third kappa shape index (κ3) is 3.21. The molecule has 2 aromatic heterocycles. The van der Waals surface area contributed by atoms with Crippen molar-refractivity contribution in [3.63, 3.8) is 0 Å². The summed E-state index contributed by atoms with van der Waals surface area (Å²) in [4.78, 5) is 22.8. The zero-order valence-electron chi connectivity index (χ0n) is 15.7. The van der Waals surface area contributed by atoms with Crippen LogP contribution in [-0.2, 0) is 19.4 Å². The minimum absolute atomic E-state index is 0.0602. The predicted molar refractivity (Wildman–Crippen MR) is 117 cm³/mol. The van der Waals surface area contributed by atoms with Crippen LogP contribution >= 0.6 is 22.7 Å². The average molecular weight is 408 g/mol. The molecule has 0 fully saturated rings. The fraction of sp³-hybridized carbons (Fsp3) is 0.273. The van der Waals surface area contributed by atoms with Crippen molar-refractivity contribution in [2.24, 2.45) is 0 Å². The van der Waals surface area contributed by atoms with Gasteiger partial charge in [-0.05, 0) is 50.1 Å². The molecule has 4 nitrogen and oxygen atoms in total. The molecule has 0 atom stereocenters. The first-order chi connectivity index (χ1) is 13.7. The Bertz CT molecular complexity index is 1070. The number of anilines is 1. The number of thiazole rings is 1. The van der Waals surface area contributed by atoms with Gasteiger partial charge in [0.25, 0.3) is 5.91 Å². The molecule has 3 heterocycles. The summed E-state index contributed by atoms with van der Waals surface area (Å²) in [6.45, 7) is 1.97. The summed E-state index contributed by atoms with van der Waals surface area (Å²) in [6.07, 6.45) is 7.47. The van der Waals surface area contributed by atoms with E-state index in [1.54, 1.807) is 22.7 Å². The lowest BCUT2D eigenvalue weighted by Gasteiger charge is -2.22. The van der Waals surface area contributed by atoms with Gasteiger partial charge in [-0.1, -0.05) is 24.3 Å². The normalized spacial score (nSPS) is 15.9. The molecule has 0 saturated carbocycles. The van der Waals surface area contributed by atoms with Crippen LogP contribution in [0, 0.1) is 0 Å². The number of hydrogen-bond acceptors (Lipinski definition) is 5. The molecule has 0 unspecified atom stereocenters. The molecule has 0 spiro atoms.